The summed E-state index contributed by atoms with van der Waals surface area (Å²) >= 11 is 4.35. The second kappa shape index (κ2) is 11.1. The molecule has 5 nitrogen and oxygen atoms in total. The van der Waals surface area contributed by atoms with Crippen molar-refractivity contribution in [2.24, 2.45) is 0 Å². The van der Waals surface area contributed by atoms with Crippen molar-refractivity contribution >= 4 is 30.3 Å². The lowest BCUT2D eigenvalue weighted by atomic mass is 9.89. The number of thiol groups is 1. The fourth-order valence-corrected chi connectivity index (χ4v) is 3.63. The highest BCUT2D eigenvalue weighted by atomic mass is 32.1. The molecule has 3 aromatic rings. The van der Waals surface area contributed by atoms with E-state index >= 15 is 0 Å². The second-order valence-corrected chi connectivity index (χ2v) is 8.59. The van der Waals surface area contributed by atoms with Crippen molar-refractivity contribution in [2.45, 2.75) is 50.7 Å². The van der Waals surface area contributed by atoms with Crippen molar-refractivity contribution < 1.29 is 14.3 Å². The molecule has 0 saturated heterocycles. The van der Waals surface area contributed by atoms with Crippen molar-refractivity contribution in [2.75, 3.05) is 5.32 Å². The summed E-state index contributed by atoms with van der Waals surface area (Å²) in [5.74, 6) is -0.227. The Morgan fingerprint density at radius 3 is 2.15 bits per heavy atom. The van der Waals surface area contributed by atoms with E-state index in [1.807, 2.05) is 32.0 Å². The Balaban J connectivity index is 1.56. The number of alkyl carbamates (subject to hydrolysis) is 1. The summed E-state index contributed by atoms with van der Waals surface area (Å²) < 4.78 is 5.44. The highest BCUT2D eigenvalue weighted by Crippen LogP contribution is 2.25. The van der Waals surface area contributed by atoms with Gasteiger partial charge in [0.1, 0.15) is 6.61 Å². The smallest absolute Gasteiger partial charge is 0.408 e. The minimum atomic E-state index is -0.519. The van der Waals surface area contributed by atoms with Gasteiger partial charge in [-0.1, -0.05) is 62.4 Å². The average Bonchev–Trinajstić information content (AvgIpc) is 2.84. The van der Waals surface area contributed by atoms with Crippen LogP contribution in [0.1, 0.15) is 54.2 Å². The Bertz CT molecular complexity index is 1100. The number of carbonyl (C=O) groups excluding carboxylic acids is 2. The Morgan fingerprint density at radius 2 is 1.55 bits per heavy atom. The maximum atomic E-state index is 12.5. The lowest BCUT2D eigenvalue weighted by Crippen LogP contribution is -2.43. The van der Waals surface area contributed by atoms with Gasteiger partial charge in [-0.25, -0.2) is 4.79 Å². The van der Waals surface area contributed by atoms with Crippen molar-refractivity contribution in [3.63, 3.8) is 0 Å². The molecule has 0 aliphatic carbocycles. The van der Waals surface area contributed by atoms with Crippen molar-refractivity contribution in [3.8, 4) is 0 Å². The van der Waals surface area contributed by atoms with E-state index in [9.17, 15) is 9.59 Å². The number of hydrogen-bond donors (Lipinski definition) is 3. The van der Waals surface area contributed by atoms with E-state index in [2.05, 4.69) is 54.5 Å². The highest BCUT2D eigenvalue weighted by Gasteiger charge is 2.27. The van der Waals surface area contributed by atoms with E-state index in [1.165, 1.54) is 5.56 Å². The third kappa shape index (κ3) is 6.39. The lowest BCUT2D eigenvalue weighted by molar-refractivity contribution is 0.102. The van der Waals surface area contributed by atoms with Crippen molar-refractivity contribution in [1.82, 2.24) is 5.32 Å². The number of carbonyl (C=O) groups is 2. The standard InChI is InChI=1S/C27H30N2O3S/c1-4-19-12-16-22(17-13-19)27(3,5-2)29-26(31)32-18-20-10-14-21(15-11-20)25(30)28-23-8-6-7-9-24(23)33/h6-17,33H,4-5,18H2,1-3H3,(H,28,30)(H,29,31)/t27-/m0/s1. The molecule has 0 saturated carbocycles. The van der Waals surface area contributed by atoms with Gasteiger partial charge in [0.05, 0.1) is 11.2 Å². The van der Waals surface area contributed by atoms with Crippen LogP contribution in [0, 0.1) is 0 Å². The number of para-hydroxylation sites is 1. The molecule has 2 amide bonds. The Labute approximate surface area is 201 Å². The third-order valence-corrected chi connectivity index (χ3v) is 6.21. The van der Waals surface area contributed by atoms with E-state index in [1.54, 1.807) is 30.3 Å². The summed E-state index contributed by atoms with van der Waals surface area (Å²) in [6.07, 6.45) is 1.22. The summed E-state index contributed by atoms with van der Waals surface area (Å²) in [6.45, 7) is 6.25. The van der Waals surface area contributed by atoms with Crippen LogP contribution in [-0.2, 0) is 23.3 Å². The van der Waals surface area contributed by atoms with E-state index in [0.717, 1.165) is 24.0 Å². The number of rotatable bonds is 8. The summed E-state index contributed by atoms with van der Waals surface area (Å²) in [6, 6.07) is 22.5. The van der Waals surface area contributed by atoms with Crippen LogP contribution in [-0.4, -0.2) is 12.0 Å². The molecular formula is C27H30N2O3S. The average molecular weight is 463 g/mol. The molecule has 0 heterocycles. The predicted octanol–water partition coefficient (Wildman–Crippen LogP) is 6.34. The van der Waals surface area contributed by atoms with Gasteiger partial charge >= 0.3 is 6.09 Å². The number of benzene rings is 3. The van der Waals surface area contributed by atoms with Crippen LogP contribution >= 0.6 is 12.6 Å². The molecule has 0 spiro atoms. The molecule has 3 aromatic carbocycles. The minimum Gasteiger partial charge on any atom is -0.445 e. The maximum Gasteiger partial charge on any atom is 0.408 e. The topological polar surface area (TPSA) is 67.4 Å². The Kier molecular flexibility index (Phi) is 8.17. The zero-order valence-corrected chi connectivity index (χ0v) is 20.1. The van der Waals surface area contributed by atoms with Crippen LogP contribution in [0.5, 0.6) is 0 Å². The number of hydrogen-bond acceptors (Lipinski definition) is 4. The van der Waals surface area contributed by atoms with Gasteiger partial charge in [-0.3, -0.25) is 4.79 Å². The number of anilines is 1. The molecule has 0 aliphatic rings. The quantitative estimate of drug-likeness (QED) is 0.342. The summed E-state index contributed by atoms with van der Waals surface area (Å²) in [7, 11) is 0. The van der Waals surface area contributed by atoms with E-state index in [4.69, 9.17) is 4.74 Å². The van der Waals surface area contributed by atoms with Gasteiger partial charge in [-0.15, -0.1) is 12.6 Å². The van der Waals surface area contributed by atoms with Gasteiger partial charge < -0.3 is 15.4 Å². The molecule has 0 aromatic heterocycles. The molecule has 33 heavy (non-hydrogen) atoms. The predicted molar refractivity (Wildman–Crippen MR) is 135 cm³/mol. The van der Waals surface area contributed by atoms with E-state index < -0.39 is 11.6 Å². The number of aryl methyl sites for hydroxylation is 1. The Hall–Kier alpha value is -3.25. The number of ether oxygens (including phenoxy) is 1. The molecule has 0 aliphatic heterocycles. The Morgan fingerprint density at radius 1 is 0.909 bits per heavy atom. The van der Waals surface area contributed by atoms with Gasteiger partial charge in [0.2, 0.25) is 0 Å². The van der Waals surface area contributed by atoms with Crippen LogP contribution in [0.25, 0.3) is 0 Å². The first-order chi connectivity index (χ1) is 15.8. The number of amides is 2. The number of nitrogens with one attached hydrogen (secondary N) is 2. The van der Waals surface area contributed by atoms with Gasteiger partial charge in [-0.2, -0.15) is 0 Å². The molecule has 0 radical (unpaired) electrons. The first-order valence-corrected chi connectivity index (χ1v) is 11.5. The molecule has 1 atom stereocenters. The lowest BCUT2D eigenvalue weighted by Gasteiger charge is -2.30. The van der Waals surface area contributed by atoms with Crippen LogP contribution < -0.4 is 10.6 Å². The van der Waals surface area contributed by atoms with Crippen LogP contribution in [0.4, 0.5) is 10.5 Å². The summed E-state index contributed by atoms with van der Waals surface area (Å²) in [5.41, 5.74) is 3.73. The van der Waals surface area contributed by atoms with Crippen LogP contribution in [0.2, 0.25) is 0 Å². The zero-order valence-electron chi connectivity index (χ0n) is 19.2. The molecule has 0 unspecified atom stereocenters. The molecule has 6 heteroatoms. The summed E-state index contributed by atoms with van der Waals surface area (Å²) in [4.78, 5) is 25.7. The molecule has 2 N–H and O–H groups in total. The van der Waals surface area contributed by atoms with Crippen LogP contribution in [0.15, 0.2) is 77.7 Å². The molecule has 3 rings (SSSR count). The van der Waals surface area contributed by atoms with E-state index in [-0.39, 0.29) is 12.5 Å². The molecule has 0 bridgehead atoms. The normalized spacial score (nSPS) is 12.5. The molecule has 172 valence electrons. The maximum absolute atomic E-state index is 12.5. The third-order valence-electron chi connectivity index (χ3n) is 5.82. The fourth-order valence-electron chi connectivity index (χ4n) is 3.41. The monoisotopic (exact) mass is 462 g/mol. The van der Waals surface area contributed by atoms with Crippen molar-refractivity contribution in [1.29, 1.82) is 0 Å². The van der Waals surface area contributed by atoms with Gasteiger partial charge in [0, 0.05) is 10.5 Å². The fraction of sp³-hybridized carbons (Fsp3) is 0.259. The largest absolute Gasteiger partial charge is 0.445 e. The highest BCUT2D eigenvalue weighted by molar-refractivity contribution is 7.80. The zero-order chi connectivity index (χ0) is 23.8. The van der Waals surface area contributed by atoms with Gasteiger partial charge in [-0.05, 0) is 60.7 Å². The first kappa shape index (κ1) is 24.4. The van der Waals surface area contributed by atoms with Gasteiger partial charge in [0.15, 0.2) is 0 Å². The molecular weight excluding hydrogens is 432 g/mol. The summed E-state index contributed by atoms with van der Waals surface area (Å²) in [5, 5.41) is 5.84. The van der Waals surface area contributed by atoms with E-state index in [0.29, 0.717) is 16.1 Å². The van der Waals surface area contributed by atoms with Crippen LogP contribution in [0.3, 0.4) is 0 Å². The minimum absolute atomic E-state index is 0.113. The van der Waals surface area contributed by atoms with Gasteiger partial charge in [0.25, 0.3) is 5.91 Å². The SMILES string of the molecule is CCc1ccc([C@](C)(CC)NC(=O)OCc2ccc(C(=O)Nc3ccccc3S)cc2)cc1. The first-order valence-electron chi connectivity index (χ1n) is 11.1. The molecule has 0 fully saturated rings. The van der Waals surface area contributed by atoms with Crippen molar-refractivity contribution in [3.05, 3.63) is 95.1 Å². The second-order valence-electron chi connectivity index (χ2n) is 8.11.